The van der Waals surface area contributed by atoms with Crippen molar-refractivity contribution in [1.82, 2.24) is 24.8 Å². The minimum atomic E-state index is -0.988. The second-order valence-corrected chi connectivity index (χ2v) is 8.06. The lowest BCUT2D eigenvalue weighted by atomic mass is 9.83. The fraction of sp³-hybridized carbons (Fsp3) is 0.619. The van der Waals surface area contributed by atoms with Gasteiger partial charge in [-0.3, -0.25) is 4.90 Å². The molecule has 3 unspecified atom stereocenters. The number of ether oxygens (including phenoxy) is 2. The zero-order valence-electron chi connectivity index (χ0n) is 17.3. The molecule has 1 N–H and O–H groups in total. The summed E-state index contributed by atoms with van der Waals surface area (Å²) in [6.45, 7) is 4.70. The van der Waals surface area contributed by atoms with Gasteiger partial charge in [0.25, 0.3) is 0 Å². The van der Waals surface area contributed by atoms with Gasteiger partial charge in [0.1, 0.15) is 11.4 Å². The third-order valence-corrected chi connectivity index (χ3v) is 6.24. The molecule has 1 saturated heterocycles. The standard InChI is InChI=1S/C21H29N5O3/c1-4-5-18-22-8-14(9-23-18)11-26-12-15-6-7-21(27,17(15)13-26)16-10-24-20(29-3)25-19(16)28-2/h8-10,15,17,27H,4-7,11-13H2,1-3H3. The van der Waals surface area contributed by atoms with Gasteiger partial charge >= 0.3 is 6.01 Å². The van der Waals surface area contributed by atoms with E-state index in [2.05, 4.69) is 31.8 Å². The molecule has 0 bridgehead atoms. The van der Waals surface area contributed by atoms with E-state index in [0.29, 0.717) is 23.8 Å². The first-order valence-corrected chi connectivity index (χ1v) is 10.3. The minimum absolute atomic E-state index is 0.119. The summed E-state index contributed by atoms with van der Waals surface area (Å²) in [7, 11) is 3.08. The third kappa shape index (κ3) is 3.79. The molecule has 0 spiro atoms. The van der Waals surface area contributed by atoms with E-state index in [1.54, 1.807) is 13.3 Å². The van der Waals surface area contributed by atoms with E-state index in [9.17, 15) is 5.11 Å². The third-order valence-electron chi connectivity index (χ3n) is 6.24. The molecule has 2 fully saturated rings. The fourth-order valence-corrected chi connectivity index (χ4v) is 4.82. The Hall–Kier alpha value is -2.32. The molecule has 3 heterocycles. The lowest BCUT2D eigenvalue weighted by molar-refractivity contribution is -0.00972. The predicted octanol–water partition coefficient (Wildman–Crippen LogP) is 1.97. The summed E-state index contributed by atoms with van der Waals surface area (Å²) in [6, 6.07) is 0.239. The van der Waals surface area contributed by atoms with Crippen LogP contribution in [0.25, 0.3) is 0 Å². The summed E-state index contributed by atoms with van der Waals surface area (Å²) in [5.74, 6) is 1.84. The predicted molar refractivity (Wildman–Crippen MR) is 107 cm³/mol. The molecule has 8 nitrogen and oxygen atoms in total. The molecular formula is C21H29N5O3. The van der Waals surface area contributed by atoms with Crippen molar-refractivity contribution in [3.05, 3.63) is 35.5 Å². The number of fused-ring (bicyclic) bond motifs is 1. The molecule has 2 aliphatic rings. The van der Waals surface area contributed by atoms with Gasteiger partial charge in [-0.25, -0.2) is 15.0 Å². The number of aromatic nitrogens is 4. The van der Waals surface area contributed by atoms with Crippen LogP contribution in [0.4, 0.5) is 0 Å². The monoisotopic (exact) mass is 399 g/mol. The van der Waals surface area contributed by atoms with Crippen LogP contribution in [0.3, 0.4) is 0 Å². The van der Waals surface area contributed by atoms with Crippen molar-refractivity contribution in [2.75, 3.05) is 27.3 Å². The quantitative estimate of drug-likeness (QED) is 0.755. The Bertz CT molecular complexity index is 847. The molecule has 156 valence electrons. The van der Waals surface area contributed by atoms with Crippen molar-refractivity contribution >= 4 is 0 Å². The van der Waals surface area contributed by atoms with E-state index in [4.69, 9.17) is 9.47 Å². The molecule has 29 heavy (non-hydrogen) atoms. The Balaban J connectivity index is 1.49. The topological polar surface area (TPSA) is 93.5 Å². The van der Waals surface area contributed by atoms with Crippen LogP contribution >= 0.6 is 0 Å². The van der Waals surface area contributed by atoms with Gasteiger partial charge in [-0.2, -0.15) is 4.98 Å². The van der Waals surface area contributed by atoms with Crippen LogP contribution in [-0.2, 0) is 18.6 Å². The number of hydrogen-bond acceptors (Lipinski definition) is 8. The molecule has 0 aromatic carbocycles. The number of nitrogens with zero attached hydrogens (tertiary/aromatic N) is 5. The zero-order chi connectivity index (χ0) is 20.4. The van der Waals surface area contributed by atoms with Crippen molar-refractivity contribution in [3.63, 3.8) is 0 Å². The van der Waals surface area contributed by atoms with Gasteiger partial charge in [0.15, 0.2) is 0 Å². The maximum absolute atomic E-state index is 11.6. The number of likely N-dealkylation sites (tertiary alicyclic amines) is 1. The smallest absolute Gasteiger partial charge is 0.319 e. The highest BCUT2D eigenvalue weighted by atomic mass is 16.5. The molecule has 0 radical (unpaired) electrons. The SMILES string of the molecule is CCCc1ncc(CN2CC3CCC(O)(c4cnc(OC)nc4OC)C3C2)cn1. The highest BCUT2D eigenvalue weighted by molar-refractivity contribution is 5.34. The Labute approximate surface area is 171 Å². The van der Waals surface area contributed by atoms with Gasteiger partial charge in [0.2, 0.25) is 5.88 Å². The number of aliphatic hydroxyl groups is 1. The molecule has 8 heteroatoms. The summed E-state index contributed by atoms with van der Waals surface area (Å²) in [5.41, 5.74) is 0.777. The Morgan fingerprint density at radius 3 is 2.62 bits per heavy atom. The second-order valence-electron chi connectivity index (χ2n) is 8.06. The average molecular weight is 399 g/mol. The molecule has 0 amide bonds. The first-order chi connectivity index (χ1) is 14.1. The summed E-state index contributed by atoms with van der Waals surface area (Å²) in [6.07, 6.45) is 9.13. The van der Waals surface area contributed by atoms with Crippen LogP contribution in [0, 0.1) is 11.8 Å². The van der Waals surface area contributed by atoms with Crippen molar-refractivity contribution in [3.8, 4) is 11.9 Å². The number of methoxy groups -OCH3 is 2. The Morgan fingerprint density at radius 1 is 1.14 bits per heavy atom. The van der Waals surface area contributed by atoms with E-state index in [-0.39, 0.29) is 11.9 Å². The first-order valence-electron chi connectivity index (χ1n) is 10.3. The molecule has 1 aliphatic carbocycles. The summed E-state index contributed by atoms with van der Waals surface area (Å²) in [4.78, 5) is 19.8. The van der Waals surface area contributed by atoms with Gasteiger partial charge in [0, 0.05) is 56.1 Å². The summed E-state index contributed by atoms with van der Waals surface area (Å²) < 4.78 is 10.5. The molecule has 1 aliphatic heterocycles. The Morgan fingerprint density at radius 2 is 1.93 bits per heavy atom. The highest BCUT2D eigenvalue weighted by Gasteiger charge is 2.53. The molecular weight excluding hydrogens is 370 g/mol. The van der Waals surface area contributed by atoms with Crippen LogP contribution in [-0.4, -0.2) is 57.3 Å². The largest absolute Gasteiger partial charge is 0.481 e. The van der Waals surface area contributed by atoms with E-state index >= 15 is 0 Å². The van der Waals surface area contributed by atoms with Gasteiger partial charge in [0.05, 0.1) is 19.8 Å². The van der Waals surface area contributed by atoms with Crippen molar-refractivity contribution in [2.24, 2.45) is 11.8 Å². The number of aryl methyl sites for hydroxylation is 1. The maximum atomic E-state index is 11.6. The Kier molecular flexibility index (Phi) is 5.65. The normalized spacial score (nSPS) is 26.5. The van der Waals surface area contributed by atoms with Crippen molar-refractivity contribution in [2.45, 2.75) is 44.8 Å². The van der Waals surface area contributed by atoms with Crippen LogP contribution < -0.4 is 9.47 Å². The van der Waals surface area contributed by atoms with Gasteiger partial charge in [-0.1, -0.05) is 6.92 Å². The van der Waals surface area contributed by atoms with Crippen LogP contribution in [0.1, 0.15) is 43.1 Å². The number of rotatable bonds is 7. The zero-order valence-corrected chi connectivity index (χ0v) is 17.3. The van der Waals surface area contributed by atoms with Crippen molar-refractivity contribution in [1.29, 1.82) is 0 Å². The summed E-state index contributed by atoms with van der Waals surface area (Å²) >= 11 is 0. The minimum Gasteiger partial charge on any atom is -0.481 e. The molecule has 2 aromatic rings. The van der Waals surface area contributed by atoms with E-state index < -0.39 is 5.60 Å². The van der Waals surface area contributed by atoms with E-state index in [1.807, 2.05) is 12.4 Å². The first kappa shape index (κ1) is 20.0. The molecule has 3 atom stereocenters. The van der Waals surface area contributed by atoms with Gasteiger partial charge in [-0.15, -0.1) is 0 Å². The van der Waals surface area contributed by atoms with E-state index in [0.717, 1.165) is 50.3 Å². The lowest BCUT2D eigenvalue weighted by Crippen LogP contribution is -2.35. The van der Waals surface area contributed by atoms with E-state index in [1.165, 1.54) is 7.11 Å². The van der Waals surface area contributed by atoms with Crippen LogP contribution in [0.5, 0.6) is 11.9 Å². The second kappa shape index (κ2) is 8.20. The van der Waals surface area contributed by atoms with Gasteiger partial charge < -0.3 is 14.6 Å². The molecule has 2 aromatic heterocycles. The maximum Gasteiger partial charge on any atom is 0.319 e. The average Bonchev–Trinajstić information content (AvgIpc) is 3.29. The number of hydrogen-bond donors (Lipinski definition) is 1. The van der Waals surface area contributed by atoms with Crippen molar-refractivity contribution < 1.29 is 14.6 Å². The van der Waals surface area contributed by atoms with Crippen LogP contribution in [0.2, 0.25) is 0 Å². The fourth-order valence-electron chi connectivity index (χ4n) is 4.82. The lowest BCUT2D eigenvalue weighted by Gasteiger charge is -2.31. The molecule has 1 saturated carbocycles. The van der Waals surface area contributed by atoms with Crippen LogP contribution in [0.15, 0.2) is 18.6 Å². The molecule has 4 rings (SSSR count). The van der Waals surface area contributed by atoms with Gasteiger partial charge in [-0.05, 0) is 25.2 Å². The highest BCUT2D eigenvalue weighted by Crippen LogP contribution is 2.52. The summed E-state index contributed by atoms with van der Waals surface area (Å²) in [5, 5.41) is 11.6.